The van der Waals surface area contributed by atoms with Crippen molar-refractivity contribution in [1.29, 1.82) is 0 Å². The summed E-state index contributed by atoms with van der Waals surface area (Å²) >= 11 is 5.99. The van der Waals surface area contributed by atoms with E-state index in [9.17, 15) is 4.79 Å². The molecule has 2 rings (SSSR count). The molecule has 0 saturated heterocycles. The van der Waals surface area contributed by atoms with Crippen molar-refractivity contribution >= 4 is 28.9 Å². The summed E-state index contributed by atoms with van der Waals surface area (Å²) in [5.41, 5.74) is 1.87. The fraction of sp³-hybridized carbons (Fsp3) is 0.188. The molecule has 0 spiro atoms. The second-order valence-corrected chi connectivity index (χ2v) is 4.76. The van der Waals surface area contributed by atoms with Gasteiger partial charge in [0.2, 0.25) is 0 Å². The molecule has 110 valence electrons. The number of para-hydroxylation sites is 1. The fourth-order valence-corrected chi connectivity index (χ4v) is 2.14. The second-order valence-electron chi connectivity index (χ2n) is 4.32. The molecule has 4 nitrogen and oxygen atoms in total. The number of hydrogen-bond donors (Lipinski definition) is 2. The van der Waals surface area contributed by atoms with Crippen LogP contribution in [0, 0.1) is 0 Å². The number of rotatable bonds is 5. The van der Waals surface area contributed by atoms with Gasteiger partial charge in [0.15, 0.2) is 0 Å². The van der Waals surface area contributed by atoms with Gasteiger partial charge in [-0.25, -0.2) is 0 Å². The molecule has 0 aromatic heterocycles. The van der Waals surface area contributed by atoms with Crippen molar-refractivity contribution in [3.8, 4) is 5.75 Å². The molecule has 2 aromatic carbocycles. The molecule has 2 N–H and O–H groups in total. The predicted octanol–water partition coefficient (Wildman–Crippen LogP) is 4.03. The monoisotopic (exact) mass is 304 g/mol. The summed E-state index contributed by atoms with van der Waals surface area (Å²) in [5.74, 6) is 0.375. The van der Waals surface area contributed by atoms with E-state index in [-0.39, 0.29) is 5.91 Å². The molecule has 5 heteroatoms. The van der Waals surface area contributed by atoms with Gasteiger partial charge in [0, 0.05) is 17.8 Å². The quantitative estimate of drug-likeness (QED) is 0.876. The highest BCUT2D eigenvalue weighted by molar-refractivity contribution is 6.31. The highest BCUT2D eigenvalue weighted by Gasteiger charge is 2.13. The zero-order valence-corrected chi connectivity index (χ0v) is 12.7. The highest BCUT2D eigenvalue weighted by Crippen LogP contribution is 2.29. The van der Waals surface area contributed by atoms with Crippen molar-refractivity contribution in [3.05, 3.63) is 53.1 Å². The standard InChI is InChI=1S/C16H17ClN2O2/c1-3-21-15-9-8-11(17)10-14(15)19-16(20)12-6-4-5-7-13(12)18-2/h4-10,18H,3H2,1-2H3,(H,19,20). The minimum absolute atomic E-state index is 0.219. The van der Waals surface area contributed by atoms with Crippen LogP contribution in [-0.4, -0.2) is 19.6 Å². The Kier molecular flexibility index (Phi) is 5.06. The van der Waals surface area contributed by atoms with E-state index in [1.54, 1.807) is 31.3 Å². The molecule has 0 aliphatic rings. The van der Waals surface area contributed by atoms with Crippen molar-refractivity contribution in [2.24, 2.45) is 0 Å². The molecule has 0 aliphatic carbocycles. The van der Waals surface area contributed by atoms with Gasteiger partial charge >= 0.3 is 0 Å². The predicted molar refractivity (Wildman–Crippen MR) is 86.6 cm³/mol. The topological polar surface area (TPSA) is 50.4 Å². The van der Waals surface area contributed by atoms with Gasteiger partial charge in [0.25, 0.3) is 5.91 Å². The van der Waals surface area contributed by atoms with Crippen LogP contribution in [0.4, 0.5) is 11.4 Å². The highest BCUT2D eigenvalue weighted by atomic mass is 35.5. The van der Waals surface area contributed by atoms with Crippen molar-refractivity contribution in [2.45, 2.75) is 6.92 Å². The van der Waals surface area contributed by atoms with Gasteiger partial charge in [-0.15, -0.1) is 0 Å². The third-order valence-electron chi connectivity index (χ3n) is 2.93. The van der Waals surface area contributed by atoms with Crippen LogP contribution >= 0.6 is 11.6 Å². The number of carbonyl (C=O) groups excluding carboxylic acids is 1. The van der Waals surface area contributed by atoms with E-state index in [2.05, 4.69) is 10.6 Å². The van der Waals surface area contributed by atoms with E-state index in [4.69, 9.17) is 16.3 Å². The van der Waals surface area contributed by atoms with Crippen LogP contribution in [0.15, 0.2) is 42.5 Å². The number of ether oxygens (including phenoxy) is 1. The summed E-state index contributed by atoms with van der Waals surface area (Å²) in [5, 5.41) is 6.37. The van der Waals surface area contributed by atoms with Crippen LogP contribution in [0.25, 0.3) is 0 Å². The number of anilines is 2. The molecule has 0 bridgehead atoms. The molecule has 0 unspecified atom stereocenters. The van der Waals surface area contributed by atoms with Crippen LogP contribution < -0.4 is 15.4 Å². The Balaban J connectivity index is 2.29. The Morgan fingerprint density at radius 2 is 1.95 bits per heavy atom. The number of amides is 1. The first-order chi connectivity index (χ1) is 10.2. The van der Waals surface area contributed by atoms with Crippen LogP contribution in [0.5, 0.6) is 5.75 Å². The molecule has 0 saturated carbocycles. The lowest BCUT2D eigenvalue weighted by atomic mass is 10.1. The van der Waals surface area contributed by atoms with Crippen molar-refractivity contribution < 1.29 is 9.53 Å². The van der Waals surface area contributed by atoms with Gasteiger partial charge < -0.3 is 15.4 Å². The van der Waals surface area contributed by atoms with E-state index in [0.717, 1.165) is 5.69 Å². The number of halogens is 1. The van der Waals surface area contributed by atoms with E-state index >= 15 is 0 Å². The Hall–Kier alpha value is -2.20. The van der Waals surface area contributed by atoms with Crippen molar-refractivity contribution in [3.63, 3.8) is 0 Å². The Morgan fingerprint density at radius 1 is 1.19 bits per heavy atom. The lowest BCUT2D eigenvalue weighted by Gasteiger charge is -2.13. The Bertz CT molecular complexity index is 644. The normalized spacial score (nSPS) is 10.0. The Labute approximate surface area is 129 Å². The van der Waals surface area contributed by atoms with E-state index in [1.165, 1.54) is 0 Å². The summed E-state index contributed by atoms with van der Waals surface area (Å²) in [7, 11) is 1.77. The first-order valence-electron chi connectivity index (χ1n) is 6.66. The van der Waals surface area contributed by atoms with Crippen LogP contribution in [-0.2, 0) is 0 Å². The number of benzene rings is 2. The molecular formula is C16H17ClN2O2. The molecule has 0 heterocycles. The minimum atomic E-state index is -0.219. The first kappa shape index (κ1) is 15.2. The maximum atomic E-state index is 12.4. The van der Waals surface area contributed by atoms with Crippen molar-refractivity contribution in [2.75, 3.05) is 24.3 Å². The minimum Gasteiger partial charge on any atom is -0.492 e. The van der Waals surface area contributed by atoms with Crippen molar-refractivity contribution in [1.82, 2.24) is 0 Å². The van der Waals surface area contributed by atoms with Gasteiger partial charge in [-0.1, -0.05) is 23.7 Å². The summed E-state index contributed by atoms with van der Waals surface area (Å²) < 4.78 is 5.50. The second kappa shape index (κ2) is 6.99. The summed E-state index contributed by atoms with van der Waals surface area (Å²) in [6, 6.07) is 12.4. The molecule has 0 atom stereocenters. The first-order valence-corrected chi connectivity index (χ1v) is 7.04. The molecule has 1 amide bonds. The zero-order chi connectivity index (χ0) is 15.2. The molecule has 2 aromatic rings. The van der Waals surface area contributed by atoms with Gasteiger partial charge in [-0.3, -0.25) is 4.79 Å². The average molecular weight is 305 g/mol. The average Bonchev–Trinajstić information content (AvgIpc) is 2.50. The lowest BCUT2D eigenvalue weighted by Crippen LogP contribution is -2.14. The summed E-state index contributed by atoms with van der Waals surface area (Å²) in [6.07, 6.45) is 0. The molecule has 0 radical (unpaired) electrons. The van der Waals surface area contributed by atoms with Crippen LogP contribution in [0.3, 0.4) is 0 Å². The third kappa shape index (κ3) is 3.67. The molecule has 0 aliphatic heterocycles. The Morgan fingerprint density at radius 3 is 2.67 bits per heavy atom. The smallest absolute Gasteiger partial charge is 0.257 e. The summed E-state index contributed by atoms with van der Waals surface area (Å²) in [4.78, 5) is 12.4. The fourth-order valence-electron chi connectivity index (χ4n) is 1.97. The number of carbonyl (C=O) groups is 1. The molecule has 21 heavy (non-hydrogen) atoms. The van der Waals surface area contributed by atoms with Crippen LogP contribution in [0.2, 0.25) is 5.02 Å². The van der Waals surface area contributed by atoms with E-state index < -0.39 is 0 Å². The van der Waals surface area contributed by atoms with E-state index in [1.807, 2.05) is 25.1 Å². The van der Waals surface area contributed by atoms with Crippen LogP contribution in [0.1, 0.15) is 17.3 Å². The third-order valence-corrected chi connectivity index (χ3v) is 3.17. The number of nitrogens with one attached hydrogen (secondary N) is 2. The molecular weight excluding hydrogens is 288 g/mol. The van der Waals surface area contributed by atoms with Gasteiger partial charge in [0.05, 0.1) is 17.9 Å². The maximum Gasteiger partial charge on any atom is 0.257 e. The van der Waals surface area contributed by atoms with Gasteiger partial charge in [-0.05, 0) is 37.3 Å². The van der Waals surface area contributed by atoms with Gasteiger partial charge in [0.1, 0.15) is 5.75 Å². The molecule has 0 fully saturated rings. The maximum absolute atomic E-state index is 12.4. The van der Waals surface area contributed by atoms with Gasteiger partial charge in [-0.2, -0.15) is 0 Å². The number of hydrogen-bond acceptors (Lipinski definition) is 3. The largest absolute Gasteiger partial charge is 0.492 e. The summed E-state index contributed by atoms with van der Waals surface area (Å²) in [6.45, 7) is 2.40. The zero-order valence-electron chi connectivity index (χ0n) is 11.9. The SMILES string of the molecule is CCOc1ccc(Cl)cc1NC(=O)c1ccccc1NC. The lowest BCUT2D eigenvalue weighted by molar-refractivity contribution is 0.102. The van der Waals surface area contributed by atoms with E-state index in [0.29, 0.717) is 28.6 Å².